The van der Waals surface area contributed by atoms with Gasteiger partial charge in [-0.25, -0.2) is 13.6 Å². The lowest BCUT2D eigenvalue weighted by Crippen LogP contribution is -2.21. The third kappa shape index (κ3) is 6.15. The first-order valence-corrected chi connectivity index (χ1v) is 7.54. The molecule has 112 valence electrons. The summed E-state index contributed by atoms with van der Waals surface area (Å²) in [4.78, 5) is 10.0. The molecule has 8 nitrogen and oxygen atoms in total. The number of benzene rings is 1. The Morgan fingerprint density at radius 1 is 1.30 bits per heavy atom. The highest BCUT2D eigenvalue weighted by Gasteiger charge is 2.10. The summed E-state index contributed by atoms with van der Waals surface area (Å²) >= 11 is 5.82. The van der Waals surface area contributed by atoms with E-state index in [-0.39, 0.29) is 42.0 Å². The number of hydrogen-bond acceptors (Lipinski definition) is 6. The Morgan fingerprint density at radius 3 is 2.60 bits per heavy atom. The minimum atomic E-state index is -3.55. The third-order valence-electron chi connectivity index (χ3n) is 2.12. The predicted octanol–water partition coefficient (Wildman–Crippen LogP) is 0.932. The number of nitro groups is 1. The maximum Gasteiger partial charge on any atom is 0.273 e. The van der Waals surface area contributed by atoms with Gasteiger partial charge in [-0.3, -0.25) is 10.1 Å². The number of nitro benzene ring substituents is 1. The molecule has 0 aromatic heterocycles. The Bertz CT molecular complexity index is 577. The summed E-state index contributed by atoms with van der Waals surface area (Å²) in [6.45, 7) is 0.130. The zero-order valence-electron chi connectivity index (χ0n) is 10.3. The fourth-order valence-corrected chi connectivity index (χ4v) is 1.73. The molecule has 0 fully saturated rings. The summed E-state index contributed by atoms with van der Waals surface area (Å²) in [5, 5.41) is 15.6. The lowest BCUT2D eigenvalue weighted by molar-refractivity contribution is -0.384. The maximum absolute atomic E-state index is 10.6. The standard InChI is InChI=1S/C10H13ClN2O6S/c11-9-2-1-8(13(14)15)7-10(9)19-4-3-18-5-6-20(12,16)17/h1-2,7H,3-6H2,(H2,12,16,17). The molecule has 0 heterocycles. The van der Waals surface area contributed by atoms with Gasteiger partial charge in [0.2, 0.25) is 10.0 Å². The van der Waals surface area contributed by atoms with Crippen LogP contribution in [0.4, 0.5) is 5.69 Å². The van der Waals surface area contributed by atoms with Crippen LogP contribution in [0.15, 0.2) is 18.2 Å². The second kappa shape index (κ2) is 7.39. The third-order valence-corrected chi connectivity index (χ3v) is 3.17. The zero-order valence-corrected chi connectivity index (χ0v) is 11.9. The predicted molar refractivity (Wildman–Crippen MR) is 72.4 cm³/mol. The molecule has 0 bridgehead atoms. The topological polar surface area (TPSA) is 122 Å². The summed E-state index contributed by atoms with van der Waals surface area (Å²) in [6, 6.07) is 3.82. The first-order valence-electron chi connectivity index (χ1n) is 5.44. The van der Waals surface area contributed by atoms with Gasteiger partial charge in [-0.1, -0.05) is 11.6 Å². The molecule has 0 amide bonds. The van der Waals surface area contributed by atoms with Crippen molar-refractivity contribution in [2.24, 2.45) is 5.14 Å². The number of halogens is 1. The van der Waals surface area contributed by atoms with Crippen molar-refractivity contribution in [1.82, 2.24) is 0 Å². The Labute approximate surface area is 120 Å². The van der Waals surface area contributed by atoms with Gasteiger partial charge in [0, 0.05) is 6.07 Å². The lowest BCUT2D eigenvalue weighted by Gasteiger charge is -2.08. The highest BCUT2D eigenvalue weighted by Crippen LogP contribution is 2.28. The molecule has 0 saturated heterocycles. The van der Waals surface area contributed by atoms with Crippen LogP contribution >= 0.6 is 11.6 Å². The Kier molecular flexibility index (Phi) is 6.14. The number of rotatable bonds is 8. The van der Waals surface area contributed by atoms with E-state index in [0.717, 1.165) is 0 Å². The van der Waals surface area contributed by atoms with E-state index in [1.54, 1.807) is 0 Å². The van der Waals surface area contributed by atoms with Crippen molar-refractivity contribution in [2.75, 3.05) is 25.6 Å². The molecule has 10 heteroatoms. The molecule has 1 aromatic carbocycles. The molecule has 20 heavy (non-hydrogen) atoms. The van der Waals surface area contributed by atoms with Crippen molar-refractivity contribution < 1.29 is 22.8 Å². The van der Waals surface area contributed by atoms with Gasteiger partial charge < -0.3 is 9.47 Å². The molecular weight excluding hydrogens is 312 g/mol. The largest absolute Gasteiger partial charge is 0.489 e. The van der Waals surface area contributed by atoms with Crippen LogP contribution in [0, 0.1) is 10.1 Å². The van der Waals surface area contributed by atoms with Gasteiger partial charge in [-0.15, -0.1) is 0 Å². The second-order valence-electron chi connectivity index (χ2n) is 3.70. The SMILES string of the molecule is NS(=O)(=O)CCOCCOc1cc([N+](=O)[O-])ccc1Cl. The second-order valence-corrected chi connectivity index (χ2v) is 5.84. The average Bonchev–Trinajstić information content (AvgIpc) is 2.34. The molecular formula is C10H13ClN2O6S. The van der Waals surface area contributed by atoms with Crippen LogP contribution in [0.5, 0.6) is 5.75 Å². The van der Waals surface area contributed by atoms with Crippen molar-refractivity contribution in [2.45, 2.75) is 0 Å². The van der Waals surface area contributed by atoms with Gasteiger partial charge in [-0.2, -0.15) is 0 Å². The van der Waals surface area contributed by atoms with E-state index in [1.165, 1.54) is 18.2 Å². The van der Waals surface area contributed by atoms with Crippen LogP contribution in [0.2, 0.25) is 5.02 Å². The number of hydrogen-bond donors (Lipinski definition) is 1. The molecule has 0 spiro atoms. The first kappa shape index (κ1) is 16.6. The maximum atomic E-state index is 10.6. The Balaban J connectivity index is 2.38. The van der Waals surface area contributed by atoms with E-state index in [4.69, 9.17) is 26.2 Å². The van der Waals surface area contributed by atoms with Gasteiger partial charge in [0.15, 0.2) is 0 Å². The lowest BCUT2D eigenvalue weighted by atomic mass is 10.3. The molecule has 0 radical (unpaired) electrons. The fourth-order valence-electron chi connectivity index (χ4n) is 1.20. The molecule has 1 aromatic rings. The number of nitrogens with zero attached hydrogens (tertiary/aromatic N) is 1. The smallest absolute Gasteiger partial charge is 0.273 e. The minimum absolute atomic E-state index is 0.0507. The Morgan fingerprint density at radius 2 is 2.00 bits per heavy atom. The Hall–Kier alpha value is -1.42. The van der Waals surface area contributed by atoms with E-state index in [0.29, 0.717) is 0 Å². The quantitative estimate of drug-likeness (QED) is 0.431. The highest BCUT2D eigenvalue weighted by atomic mass is 35.5. The van der Waals surface area contributed by atoms with Gasteiger partial charge in [0.25, 0.3) is 5.69 Å². The number of primary sulfonamides is 1. The number of nitrogens with two attached hydrogens (primary N) is 1. The molecule has 1 rings (SSSR count). The number of ether oxygens (including phenoxy) is 2. The van der Waals surface area contributed by atoms with Crippen LogP contribution in [-0.2, 0) is 14.8 Å². The van der Waals surface area contributed by atoms with Crippen LogP contribution in [-0.4, -0.2) is 38.9 Å². The average molecular weight is 325 g/mol. The number of sulfonamides is 1. The highest BCUT2D eigenvalue weighted by molar-refractivity contribution is 7.89. The molecule has 0 atom stereocenters. The summed E-state index contributed by atoms with van der Waals surface area (Å²) in [5.74, 6) is -0.124. The fraction of sp³-hybridized carbons (Fsp3) is 0.400. The van der Waals surface area contributed by atoms with Crippen molar-refractivity contribution in [1.29, 1.82) is 0 Å². The molecule has 0 aliphatic rings. The summed E-state index contributed by atoms with van der Waals surface area (Å²) in [6.07, 6.45) is 0. The van der Waals surface area contributed by atoms with E-state index < -0.39 is 14.9 Å². The van der Waals surface area contributed by atoms with Crippen molar-refractivity contribution in [3.8, 4) is 5.75 Å². The van der Waals surface area contributed by atoms with Crippen LogP contribution in [0.3, 0.4) is 0 Å². The molecule has 0 saturated carbocycles. The van der Waals surface area contributed by atoms with Crippen molar-refractivity contribution in [3.63, 3.8) is 0 Å². The van der Waals surface area contributed by atoms with E-state index in [2.05, 4.69) is 0 Å². The molecule has 2 N–H and O–H groups in total. The van der Waals surface area contributed by atoms with Crippen molar-refractivity contribution >= 4 is 27.3 Å². The van der Waals surface area contributed by atoms with Crippen LogP contribution < -0.4 is 9.88 Å². The van der Waals surface area contributed by atoms with Gasteiger partial charge in [0.1, 0.15) is 12.4 Å². The van der Waals surface area contributed by atoms with E-state index in [9.17, 15) is 18.5 Å². The van der Waals surface area contributed by atoms with Gasteiger partial charge in [0.05, 0.1) is 35.0 Å². The normalized spacial score (nSPS) is 11.3. The summed E-state index contributed by atoms with van der Waals surface area (Å²) in [7, 11) is -3.55. The summed E-state index contributed by atoms with van der Waals surface area (Å²) < 4.78 is 31.4. The van der Waals surface area contributed by atoms with E-state index in [1.807, 2.05) is 0 Å². The van der Waals surface area contributed by atoms with E-state index >= 15 is 0 Å². The zero-order chi connectivity index (χ0) is 15.2. The molecule has 0 aliphatic carbocycles. The van der Waals surface area contributed by atoms with Gasteiger partial charge in [-0.05, 0) is 6.07 Å². The molecule has 0 unspecified atom stereocenters. The van der Waals surface area contributed by atoms with Crippen molar-refractivity contribution in [3.05, 3.63) is 33.3 Å². The summed E-state index contributed by atoms with van der Waals surface area (Å²) in [5.41, 5.74) is -0.139. The van der Waals surface area contributed by atoms with Crippen LogP contribution in [0.25, 0.3) is 0 Å². The first-order chi connectivity index (χ1) is 9.29. The number of non-ortho nitro benzene ring substituents is 1. The minimum Gasteiger partial charge on any atom is -0.489 e. The van der Waals surface area contributed by atoms with Crippen LogP contribution in [0.1, 0.15) is 0 Å². The van der Waals surface area contributed by atoms with Gasteiger partial charge >= 0.3 is 0 Å². The molecule has 0 aliphatic heterocycles. The monoisotopic (exact) mass is 324 g/mol.